The van der Waals surface area contributed by atoms with Crippen LogP contribution in [0.15, 0.2) is 30.3 Å². The van der Waals surface area contributed by atoms with Crippen molar-refractivity contribution in [3.63, 3.8) is 0 Å². The predicted octanol–water partition coefficient (Wildman–Crippen LogP) is 7.54. The standard InChI is InChI=1S/C21H18F8O/c1-11-2-4-12(5-3-11)13-8-17(23)19(18(24)9-13)21(28,29)30-14-6-7-15(16(22)10-14)20(25,26)27/h6-12H,2-5H2,1H3. The Morgan fingerprint density at radius 3 is 1.87 bits per heavy atom. The second-order valence-electron chi connectivity index (χ2n) is 7.57. The third-order valence-corrected chi connectivity index (χ3v) is 5.33. The molecule has 1 nitrogen and oxygen atoms in total. The fraction of sp³-hybridized carbons (Fsp3) is 0.429. The Labute approximate surface area is 167 Å². The zero-order valence-corrected chi connectivity index (χ0v) is 15.8. The molecule has 2 aromatic carbocycles. The second kappa shape index (κ2) is 8.07. The molecule has 0 bridgehead atoms. The minimum absolute atomic E-state index is 0.0874. The molecule has 0 heterocycles. The first kappa shape index (κ1) is 22.4. The molecular formula is C21H18F8O. The lowest BCUT2D eigenvalue weighted by Gasteiger charge is -2.27. The molecular weight excluding hydrogens is 420 g/mol. The van der Waals surface area contributed by atoms with E-state index in [4.69, 9.17) is 0 Å². The number of alkyl halides is 5. The minimum Gasteiger partial charge on any atom is -0.429 e. The first-order valence-corrected chi connectivity index (χ1v) is 9.31. The number of benzene rings is 2. The van der Waals surface area contributed by atoms with Crippen molar-refractivity contribution >= 4 is 0 Å². The Bertz CT molecular complexity index is 891. The number of ether oxygens (including phenoxy) is 1. The first-order chi connectivity index (χ1) is 13.9. The quantitative estimate of drug-likeness (QED) is 0.448. The second-order valence-corrected chi connectivity index (χ2v) is 7.57. The van der Waals surface area contributed by atoms with Crippen molar-refractivity contribution in [1.82, 2.24) is 0 Å². The van der Waals surface area contributed by atoms with Gasteiger partial charge in [-0.25, -0.2) is 13.2 Å². The van der Waals surface area contributed by atoms with Crippen molar-refractivity contribution in [3.05, 3.63) is 64.5 Å². The lowest BCUT2D eigenvalue weighted by Crippen LogP contribution is -2.26. The summed E-state index contributed by atoms with van der Waals surface area (Å²) in [6, 6.07) is 2.39. The normalized spacial score (nSPS) is 20.3. The molecule has 0 N–H and O–H groups in total. The van der Waals surface area contributed by atoms with Gasteiger partial charge in [0, 0.05) is 6.07 Å². The van der Waals surface area contributed by atoms with E-state index in [0.29, 0.717) is 24.8 Å². The number of hydrogen-bond donors (Lipinski definition) is 0. The molecule has 3 rings (SSSR count). The van der Waals surface area contributed by atoms with Gasteiger partial charge in [0.05, 0.1) is 5.56 Å². The van der Waals surface area contributed by atoms with Crippen molar-refractivity contribution in [3.8, 4) is 5.75 Å². The minimum atomic E-state index is -5.03. The molecule has 0 aromatic heterocycles. The maximum atomic E-state index is 14.4. The molecule has 1 fully saturated rings. The summed E-state index contributed by atoms with van der Waals surface area (Å²) >= 11 is 0. The fourth-order valence-electron chi connectivity index (χ4n) is 3.69. The third kappa shape index (κ3) is 4.70. The van der Waals surface area contributed by atoms with E-state index in [9.17, 15) is 35.1 Å². The molecule has 9 heteroatoms. The van der Waals surface area contributed by atoms with Crippen molar-refractivity contribution < 1.29 is 39.9 Å². The van der Waals surface area contributed by atoms with Crippen LogP contribution in [-0.2, 0) is 12.3 Å². The van der Waals surface area contributed by atoms with Gasteiger partial charge in [-0.15, -0.1) is 0 Å². The zero-order valence-electron chi connectivity index (χ0n) is 15.8. The van der Waals surface area contributed by atoms with Gasteiger partial charge in [0.25, 0.3) is 0 Å². The maximum absolute atomic E-state index is 14.4. The van der Waals surface area contributed by atoms with E-state index < -0.39 is 46.6 Å². The average molecular weight is 438 g/mol. The topological polar surface area (TPSA) is 9.23 Å². The molecule has 164 valence electrons. The van der Waals surface area contributed by atoms with E-state index in [0.717, 1.165) is 25.0 Å². The van der Waals surface area contributed by atoms with Gasteiger partial charge in [-0.2, -0.15) is 22.0 Å². The van der Waals surface area contributed by atoms with Crippen molar-refractivity contribution in [2.24, 2.45) is 5.92 Å². The van der Waals surface area contributed by atoms with Gasteiger partial charge in [-0.05, 0) is 54.5 Å². The molecule has 0 amide bonds. The third-order valence-electron chi connectivity index (χ3n) is 5.33. The Morgan fingerprint density at radius 1 is 0.800 bits per heavy atom. The van der Waals surface area contributed by atoms with E-state index in [1.807, 2.05) is 0 Å². The van der Waals surface area contributed by atoms with Crippen molar-refractivity contribution in [2.75, 3.05) is 0 Å². The molecule has 1 saturated carbocycles. The summed E-state index contributed by atoms with van der Waals surface area (Å²) < 4.78 is 113. The Kier molecular flexibility index (Phi) is 6.02. The lowest BCUT2D eigenvalue weighted by molar-refractivity contribution is -0.189. The monoisotopic (exact) mass is 438 g/mol. The summed E-state index contributed by atoms with van der Waals surface area (Å²) in [4.78, 5) is 0. The van der Waals surface area contributed by atoms with Crippen LogP contribution in [0.3, 0.4) is 0 Å². The largest absolute Gasteiger partial charge is 0.432 e. The summed E-state index contributed by atoms with van der Waals surface area (Å²) in [5.74, 6) is -5.61. The van der Waals surface area contributed by atoms with E-state index in [-0.39, 0.29) is 23.6 Å². The first-order valence-electron chi connectivity index (χ1n) is 9.31. The van der Waals surface area contributed by atoms with E-state index in [2.05, 4.69) is 11.7 Å². The van der Waals surface area contributed by atoms with Crippen molar-refractivity contribution in [2.45, 2.75) is 50.8 Å². The molecule has 0 saturated heterocycles. The fourth-order valence-corrected chi connectivity index (χ4v) is 3.69. The lowest BCUT2D eigenvalue weighted by atomic mass is 9.79. The van der Waals surface area contributed by atoms with Gasteiger partial charge in [0.15, 0.2) is 0 Å². The predicted molar refractivity (Wildman–Crippen MR) is 92.7 cm³/mol. The van der Waals surface area contributed by atoms with Gasteiger partial charge < -0.3 is 4.74 Å². The SMILES string of the molecule is CC1CCC(c2cc(F)c(C(F)(F)Oc3ccc(C(F)(F)F)c(F)c3)c(F)c2)CC1. The van der Waals surface area contributed by atoms with Gasteiger partial charge in [0.1, 0.15) is 28.8 Å². The van der Waals surface area contributed by atoms with Gasteiger partial charge in [0.2, 0.25) is 0 Å². The molecule has 0 unspecified atom stereocenters. The molecule has 1 aliphatic carbocycles. The summed E-state index contributed by atoms with van der Waals surface area (Å²) in [6.45, 7) is 2.06. The van der Waals surface area contributed by atoms with Crippen LogP contribution in [0.5, 0.6) is 5.75 Å². The molecule has 0 spiro atoms. The highest BCUT2D eigenvalue weighted by Crippen LogP contribution is 2.41. The van der Waals surface area contributed by atoms with Crippen LogP contribution in [0.4, 0.5) is 35.1 Å². The van der Waals surface area contributed by atoms with Crippen LogP contribution in [0, 0.1) is 23.4 Å². The van der Waals surface area contributed by atoms with Crippen LogP contribution in [0.25, 0.3) is 0 Å². The average Bonchev–Trinajstić information content (AvgIpc) is 2.59. The highest BCUT2D eigenvalue weighted by atomic mass is 19.4. The van der Waals surface area contributed by atoms with E-state index >= 15 is 0 Å². The smallest absolute Gasteiger partial charge is 0.429 e. The summed E-state index contributed by atoms with van der Waals surface area (Å²) in [5, 5.41) is 0. The molecule has 0 radical (unpaired) electrons. The number of halogens is 8. The van der Waals surface area contributed by atoms with Crippen LogP contribution in [0.2, 0.25) is 0 Å². The van der Waals surface area contributed by atoms with Crippen LogP contribution >= 0.6 is 0 Å². The van der Waals surface area contributed by atoms with Crippen LogP contribution < -0.4 is 4.74 Å². The van der Waals surface area contributed by atoms with Crippen LogP contribution in [-0.4, -0.2) is 0 Å². The molecule has 0 aliphatic heterocycles. The molecule has 30 heavy (non-hydrogen) atoms. The highest BCUT2D eigenvalue weighted by Gasteiger charge is 2.42. The summed E-state index contributed by atoms with van der Waals surface area (Å²) in [6.07, 6.45) is -6.53. The number of hydrogen-bond acceptors (Lipinski definition) is 1. The number of rotatable bonds is 4. The summed E-state index contributed by atoms with van der Waals surface area (Å²) in [5.41, 5.74) is -3.10. The van der Waals surface area contributed by atoms with E-state index in [1.54, 1.807) is 0 Å². The molecule has 0 atom stereocenters. The maximum Gasteiger partial charge on any atom is 0.432 e. The summed E-state index contributed by atoms with van der Waals surface area (Å²) in [7, 11) is 0. The van der Waals surface area contributed by atoms with Gasteiger partial charge in [-0.3, -0.25) is 0 Å². The Morgan fingerprint density at radius 2 is 1.37 bits per heavy atom. The van der Waals surface area contributed by atoms with Crippen molar-refractivity contribution in [1.29, 1.82) is 0 Å². The van der Waals surface area contributed by atoms with Gasteiger partial charge in [-0.1, -0.05) is 19.8 Å². The Balaban J connectivity index is 1.86. The van der Waals surface area contributed by atoms with Gasteiger partial charge >= 0.3 is 12.3 Å². The highest BCUT2D eigenvalue weighted by molar-refractivity contribution is 5.34. The zero-order chi connectivity index (χ0) is 22.3. The molecule has 1 aliphatic rings. The van der Waals surface area contributed by atoms with E-state index in [1.165, 1.54) is 0 Å². The Hall–Kier alpha value is -2.32. The van der Waals surface area contributed by atoms with Crippen LogP contribution in [0.1, 0.15) is 55.2 Å². The molecule has 2 aromatic rings.